The van der Waals surface area contributed by atoms with E-state index in [0.29, 0.717) is 11.4 Å². The first-order valence-electron chi connectivity index (χ1n) is 5.83. The fraction of sp³-hybridized carbons (Fsp3) is 0.0667. The fourth-order valence-corrected chi connectivity index (χ4v) is 1.65. The highest BCUT2D eigenvalue weighted by Crippen LogP contribution is 2.21. The van der Waals surface area contributed by atoms with E-state index < -0.39 is 6.10 Å². The van der Waals surface area contributed by atoms with Crippen LogP contribution in [0.1, 0.15) is 17.4 Å². The van der Waals surface area contributed by atoms with Gasteiger partial charge in [0.2, 0.25) is 5.91 Å². The maximum absolute atomic E-state index is 11.1. The molecule has 0 bridgehead atoms. The number of carbonyl (C=O) groups is 1. The summed E-state index contributed by atoms with van der Waals surface area (Å²) in [5.41, 5.74) is 1.96. The van der Waals surface area contributed by atoms with E-state index in [1.807, 2.05) is 6.07 Å². The van der Waals surface area contributed by atoms with Gasteiger partial charge in [-0.1, -0.05) is 24.8 Å². The number of pyridine rings is 1. The second-order valence-electron chi connectivity index (χ2n) is 3.97. The molecule has 1 heterocycles. The number of hydrogen-bond acceptors (Lipinski definition) is 3. The van der Waals surface area contributed by atoms with Crippen molar-refractivity contribution >= 4 is 11.6 Å². The van der Waals surface area contributed by atoms with Gasteiger partial charge in [0.1, 0.15) is 6.10 Å². The molecule has 2 rings (SSSR count). The van der Waals surface area contributed by atoms with Crippen LogP contribution in [0, 0.1) is 0 Å². The first-order chi connectivity index (χ1) is 9.20. The second-order valence-corrected chi connectivity index (χ2v) is 3.97. The Morgan fingerprint density at radius 3 is 2.58 bits per heavy atom. The van der Waals surface area contributed by atoms with Gasteiger partial charge in [-0.2, -0.15) is 0 Å². The molecule has 1 atom stereocenters. The molecule has 0 fully saturated rings. The van der Waals surface area contributed by atoms with Gasteiger partial charge in [-0.15, -0.1) is 0 Å². The van der Waals surface area contributed by atoms with Crippen LogP contribution in [0.4, 0.5) is 5.69 Å². The molecule has 0 aliphatic rings. The SMILES string of the molecule is C=CC(=O)Nc1ccc(C(O)c2ccccn2)cc1. The highest BCUT2D eigenvalue weighted by atomic mass is 16.3. The molecule has 0 saturated heterocycles. The van der Waals surface area contributed by atoms with E-state index >= 15 is 0 Å². The molecule has 1 aromatic carbocycles. The molecule has 96 valence electrons. The van der Waals surface area contributed by atoms with Crippen molar-refractivity contribution in [3.8, 4) is 0 Å². The molecule has 2 aromatic rings. The van der Waals surface area contributed by atoms with E-state index in [2.05, 4.69) is 16.9 Å². The summed E-state index contributed by atoms with van der Waals surface area (Å²) in [6.07, 6.45) is 2.07. The molecule has 0 spiro atoms. The zero-order valence-corrected chi connectivity index (χ0v) is 10.3. The van der Waals surface area contributed by atoms with Crippen LogP contribution in [0.3, 0.4) is 0 Å². The van der Waals surface area contributed by atoms with Gasteiger partial charge in [-0.05, 0) is 35.9 Å². The Morgan fingerprint density at radius 1 is 1.26 bits per heavy atom. The summed E-state index contributed by atoms with van der Waals surface area (Å²) >= 11 is 0. The number of nitrogens with zero attached hydrogens (tertiary/aromatic N) is 1. The smallest absolute Gasteiger partial charge is 0.247 e. The minimum atomic E-state index is -0.773. The lowest BCUT2D eigenvalue weighted by atomic mass is 10.1. The Kier molecular flexibility index (Phi) is 4.05. The molecule has 0 aliphatic heterocycles. The van der Waals surface area contributed by atoms with Crippen molar-refractivity contribution in [1.29, 1.82) is 0 Å². The van der Waals surface area contributed by atoms with Crippen molar-refractivity contribution in [2.24, 2.45) is 0 Å². The Morgan fingerprint density at radius 2 is 2.00 bits per heavy atom. The number of rotatable bonds is 4. The van der Waals surface area contributed by atoms with E-state index in [4.69, 9.17) is 0 Å². The molecule has 19 heavy (non-hydrogen) atoms. The maximum atomic E-state index is 11.1. The third-order valence-electron chi connectivity index (χ3n) is 2.65. The van der Waals surface area contributed by atoms with Crippen molar-refractivity contribution in [2.45, 2.75) is 6.10 Å². The molecule has 1 aromatic heterocycles. The van der Waals surface area contributed by atoms with Gasteiger partial charge >= 0.3 is 0 Å². The minimum absolute atomic E-state index is 0.266. The van der Waals surface area contributed by atoms with E-state index in [9.17, 15) is 9.90 Å². The summed E-state index contributed by atoms with van der Waals surface area (Å²) in [5.74, 6) is -0.266. The van der Waals surface area contributed by atoms with Gasteiger partial charge in [-0.25, -0.2) is 0 Å². The van der Waals surface area contributed by atoms with Crippen molar-refractivity contribution in [3.05, 3.63) is 72.6 Å². The predicted octanol–water partition coefficient (Wildman–Crippen LogP) is 2.29. The van der Waals surface area contributed by atoms with E-state index in [1.165, 1.54) is 6.08 Å². The number of aromatic nitrogens is 1. The number of nitrogens with one attached hydrogen (secondary N) is 1. The molecule has 0 radical (unpaired) electrons. The Labute approximate surface area is 111 Å². The first kappa shape index (κ1) is 13.0. The highest BCUT2D eigenvalue weighted by molar-refractivity contribution is 5.98. The number of amides is 1. The van der Waals surface area contributed by atoms with Crippen molar-refractivity contribution in [1.82, 2.24) is 4.98 Å². The average Bonchev–Trinajstić information content (AvgIpc) is 2.48. The van der Waals surface area contributed by atoms with Crippen molar-refractivity contribution < 1.29 is 9.90 Å². The van der Waals surface area contributed by atoms with Crippen LogP contribution in [-0.4, -0.2) is 16.0 Å². The Balaban J connectivity index is 2.14. The molecule has 4 nitrogen and oxygen atoms in total. The lowest BCUT2D eigenvalue weighted by Gasteiger charge is -2.11. The van der Waals surface area contributed by atoms with Crippen LogP contribution in [0.5, 0.6) is 0 Å². The molecular formula is C15H14N2O2. The summed E-state index contributed by atoms with van der Waals surface area (Å²) in [5, 5.41) is 12.8. The molecule has 1 unspecified atom stereocenters. The molecule has 4 heteroatoms. The second kappa shape index (κ2) is 5.93. The summed E-state index contributed by atoms with van der Waals surface area (Å²) in [4.78, 5) is 15.2. The standard InChI is InChI=1S/C15H14N2O2/c1-2-14(18)17-12-8-6-11(7-9-12)15(19)13-5-3-4-10-16-13/h2-10,15,19H,1H2,(H,17,18). The average molecular weight is 254 g/mol. The number of carbonyl (C=O) groups excluding carboxylic acids is 1. The Bertz CT molecular complexity index is 564. The van der Waals surface area contributed by atoms with Gasteiger partial charge in [0.25, 0.3) is 0 Å². The van der Waals surface area contributed by atoms with Crippen LogP contribution in [0.25, 0.3) is 0 Å². The first-order valence-corrected chi connectivity index (χ1v) is 5.83. The van der Waals surface area contributed by atoms with Gasteiger partial charge in [0.05, 0.1) is 5.69 Å². The number of aliphatic hydroxyl groups is 1. The molecule has 2 N–H and O–H groups in total. The van der Waals surface area contributed by atoms with Gasteiger partial charge in [-0.3, -0.25) is 9.78 Å². The minimum Gasteiger partial charge on any atom is -0.382 e. The fourth-order valence-electron chi connectivity index (χ4n) is 1.65. The van der Waals surface area contributed by atoms with Crippen LogP contribution in [0.15, 0.2) is 61.3 Å². The summed E-state index contributed by atoms with van der Waals surface area (Å²) < 4.78 is 0. The van der Waals surface area contributed by atoms with E-state index in [0.717, 1.165) is 5.56 Å². The molecule has 0 aliphatic carbocycles. The number of anilines is 1. The summed E-state index contributed by atoms with van der Waals surface area (Å²) in [6.45, 7) is 3.38. The van der Waals surface area contributed by atoms with Gasteiger partial charge in [0, 0.05) is 11.9 Å². The largest absolute Gasteiger partial charge is 0.382 e. The monoisotopic (exact) mass is 254 g/mol. The lowest BCUT2D eigenvalue weighted by molar-refractivity contribution is -0.111. The van der Waals surface area contributed by atoms with Gasteiger partial charge < -0.3 is 10.4 Å². The topological polar surface area (TPSA) is 62.2 Å². The predicted molar refractivity (Wildman–Crippen MR) is 73.6 cm³/mol. The number of hydrogen-bond donors (Lipinski definition) is 2. The zero-order chi connectivity index (χ0) is 13.7. The highest BCUT2D eigenvalue weighted by Gasteiger charge is 2.11. The quantitative estimate of drug-likeness (QED) is 0.823. The summed E-state index contributed by atoms with van der Waals surface area (Å²) in [7, 11) is 0. The summed E-state index contributed by atoms with van der Waals surface area (Å²) in [6, 6.07) is 12.3. The van der Waals surface area contributed by atoms with Crippen LogP contribution >= 0.6 is 0 Å². The third kappa shape index (κ3) is 3.26. The van der Waals surface area contributed by atoms with Crippen LogP contribution < -0.4 is 5.32 Å². The van der Waals surface area contributed by atoms with Crippen molar-refractivity contribution in [2.75, 3.05) is 5.32 Å². The number of benzene rings is 1. The molecule has 1 amide bonds. The Hall–Kier alpha value is -2.46. The van der Waals surface area contributed by atoms with E-state index in [1.54, 1.807) is 42.6 Å². The van der Waals surface area contributed by atoms with Gasteiger partial charge in [0.15, 0.2) is 0 Å². The lowest BCUT2D eigenvalue weighted by Crippen LogP contribution is -2.07. The van der Waals surface area contributed by atoms with Crippen molar-refractivity contribution in [3.63, 3.8) is 0 Å². The molecular weight excluding hydrogens is 240 g/mol. The zero-order valence-electron chi connectivity index (χ0n) is 10.3. The number of aliphatic hydroxyl groups excluding tert-OH is 1. The molecule has 0 saturated carbocycles. The maximum Gasteiger partial charge on any atom is 0.247 e. The normalized spacial score (nSPS) is 11.6. The van der Waals surface area contributed by atoms with E-state index in [-0.39, 0.29) is 5.91 Å². The van der Waals surface area contributed by atoms with Crippen LogP contribution in [-0.2, 0) is 4.79 Å². The third-order valence-corrected chi connectivity index (χ3v) is 2.65. The van der Waals surface area contributed by atoms with Crippen LogP contribution in [0.2, 0.25) is 0 Å².